The fraction of sp³-hybridized carbons (Fsp3) is 0.357. The maximum Gasteiger partial charge on any atom is 0.295 e. The van der Waals surface area contributed by atoms with E-state index in [1.54, 1.807) is 12.3 Å². The Kier molecular flexibility index (Phi) is 2.62. The van der Waals surface area contributed by atoms with Crippen LogP contribution in [0.15, 0.2) is 30.5 Å². The fourth-order valence-electron chi connectivity index (χ4n) is 2.16. The summed E-state index contributed by atoms with van der Waals surface area (Å²) in [7, 11) is 0. The third kappa shape index (κ3) is 2.23. The highest BCUT2D eigenvalue weighted by atomic mass is 16.6. The Bertz CT molecular complexity index is 650. The van der Waals surface area contributed by atoms with Gasteiger partial charge in [-0.2, -0.15) is 0 Å². The van der Waals surface area contributed by atoms with Crippen molar-refractivity contribution in [2.75, 3.05) is 11.9 Å². The maximum atomic E-state index is 11.0. The molecule has 1 saturated carbocycles. The average Bonchev–Trinajstić information content (AvgIpc) is 3.14. The van der Waals surface area contributed by atoms with E-state index in [-0.39, 0.29) is 10.6 Å². The van der Waals surface area contributed by atoms with Gasteiger partial charge in [0.15, 0.2) is 0 Å². The minimum Gasteiger partial charge on any atom is -0.384 e. The summed E-state index contributed by atoms with van der Waals surface area (Å²) in [5, 5.41) is 15.2. The lowest BCUT2D eigenvalue weighted by Gasteiger charge is -2.13. The third-order valence-corrected chi connectivity index (χ3v) is 3.76. The van der Waals surface area contributed by atoms with Gasteiger partial charge < -0.3 is 5.32 Å². The van der Waals surface area contributed by atoms with Crippen LogP contribution in [0.25, 0.3) is 10.9 Å². The van der Waals surface area contributed by atoms with E-state index in [1.165, 1.54) is 18.9 Å². The molecule has 5 nitrogen and oxygen atoms in total. The normalized spacial score (nSPS) is 16.3. The monoisotopic (exact) mass is 257 g/mol. The number of fused-ring (bicyclic) bond motifs is 1. The highest BCUT2D eigenvalue weighted by molar-refractivity contribution is 5.96. The highest BCUT2D eigenvalue weighted by Crippen LogP contribution is 2.45. The largest absolute Gasteiger partial charge is 0.384 e. The SMILES string of the molecule is CC1(CNc2ccnc3c([N+](=O)[O-])cccc23)CC1. The number of nitro groups is 1. The molecule has 0 saturated heterocycles. The van der Waals surface area contributed by atoms with Gasteiger partial charge in [0.05, 0.1) is 4.92 Å². The standard InChI is InChI=1S/C14H15N3O2/c1-14(6-7-14)9-16-11-5-8-15-13-10(11)3-2-4-12(13)17(18)19/h2-5,8H,6-7,9H2,1H3,(H,15,16). The molecule has 1 heterocycles. The van der Waals surface area contributed by atoms with Crippen LogP contribution in [0.3, 0.4) is 0 Å². The first-order valence-electron chi connectivity index (χ1n) is 6.35. The topological polar surface area (TPSA) is 68.1 Å². The number of anilines is 1. The number of aromatic nitrogens is 1. The number of hydrogen-bond acceptors (Lipinski definition) is 4. The van der Waals surface area contributed by atoms with E-state index in [0.29, 0.717) is 10.9 Å². The van der Waals surface area contributed by atoms with Crippen LogP contribution in [0.1, 0.15) is 19.8 Å². The van der Waals surface area contributed by atoms with Crippen molar-refractivity contribution < 1.29 is 4.92 Å². The number of rotatable bonds is 4. The van der Waals surface area contributed by atoms with Crippen LogP contribution in [0.2, 0.25) is 0 Å². The molecule has 1 fully saturated rings. The summed E-state index contributed by atoms with van der Waals surface area (Å²) in [6.07, 6.45) is 4.10. The number of para-hydroxylation sites is 1. The van der Waals surface area contributed by atoms with Crippen molar-refractivity contribution >= 4 is 22.3 Å². The lowest BCUT2D eigenvalue weighted by molar-refractivity contribution is -0.383. The Labute approximate surface area is 110 Å². The first kappa shape index (κ1) is 11.9. The summed E-state index contributed by atoms with van der Waals surface area (Å²) in [6, 6.07) is 6.93. The number of nitrogens with zero attached hydrogens (tertiary/aromatic N) is 2. The zero-order chi connectivity index (χ0) is 13.5. The van der Waals surface area contributed by atoms with Crippen LogP contribution in [0, 0.1) is 15.5 Å². The molecule has 3 rings (SSSR count). The molecule has 0 aliphatic heterocycles. The Morgan fingerprint density at radius 2 is 2.21 bits per heavy atom. The summed E-state index contributed by atoms with van der Waals surface area (Å²) >= 11 is 0. The molecule has 1 aromatic carbocycles. The smallest absolute Gasteiger partial charge is 0.295 e. The Hall–Kier alpha value is -2.17. The molecule has 0 unspecified atom stereocenters. The zero-order valence-electron chi connectivity index (χ0n) is 10.7. The second-order valence-electron chi connectivity index (χ2n) is 5.45. The van der Waals surface area contributed by atoms with Crippen LogP contribution in [0.4, 0.5) is 11.4 Å². The molecule has 1 aliphatic rings. The van der Waals surface area contributed by atoms with Gasteiger partial charge in [0.25, 0.3) is 5.69 Å². The number of nitro benzene ring substituents is 1. The molecular formula is C14H15N3O2. The molecule has 0 atom stereocenters. The number of nitrogens with one attached hydrogen (secondary N) is 1. The quantitative estimate of drug-likeness (QED) is 0.673. The lowest BCUT2D eigenvalue weighted by atomic mass is 10.1. The lowest BCUT2D eigenvalue weighted by Crippen LogP contribution is -2.12. The molecule has 5 heteroatoms. The molecule has 1 aromatic heterocycles. The van der Waals surface area contributed by atoms with Gasteiger partial charge >= 0.3 is 0 Å². The number of non-ortho nitro benzene ring substituents is 1. The van der Waals surface area contributed by atoms with E-state index in [2.05, 4.69) is 17.2 Å². The van der Waals surface area contributed by atoms with E-state index >= 15 is 0 Å². The van der Waals surface area contributed by atoms with Crippen molar-refractivity contribution in [1.82, 2.24) is 4.98 Å². The number of benzene rings is 1. The van der Waals surface area contributed by atoms with Gasteiger partial charge in [-0.3, -0.25) is 10.1 Å². The number of hydrogen-bond donors (Lipinski definition) is 1. The predicted molar refractivity (Wildman–Crippen MR) is 74.2 cm³/mol. The predicted octanol–water partition coefficient (Wildman–Crippen LogP) is 3.36. The average molecular weight is 257 g/mol. The van der Waals surface area contributed by atoms with Crippen LogP contribution in [-0.2, 0) is 0 Å². The Morgan fingerprint density at radius 3 is 2.89 bits per heavy atom. The minimum absolute atomic E-state index is 0.0544. The van der Waals surface area contributed by atoms with Crippen molar-refractivity contribution in [2.45, 2.75) is 19.8 Å². The van der Waals surface area contributed by atoms with Gasteiger partial charge in [0.1, 0.15) is 5.52 Å². The second kappa shape index (κ2) is 4.19. The summed E-state index contributed by atoms with van der Waals surface area (Å²) in [5.74, 6) is 0. The highest BCUT2D eigenvalue weighted by Gasteiger charge is 2.36. The Balaban J connectivity index is 2.00. The first-order chi connectivity index (χ1) is 9.09. The van der Waals surface area contributed by atoms with Crippen LogP contribution in [0.5, 0.6) is 0 Å². The van der Waals surface area contributed by atoms with Crippen LogP contribution >= 0.6 is 0 Å². The molecule has 1 aliphatic carbocycles. The van der Waals surface area contributed by atoms with Gasteiger partial charge in [-0.1, -0.05) is 19.1 Å². The van der Waals surface area contributed by atoms with E-state index < -0.39 is 0 Å². The molecule has 2 aromatic rings. The molecule has 0 radical (unpaired) electrons. The minimum atomic E-state index is -0.388. The molecule has 19 heavy (non-hydrogen) atoms. The molecular weight excluding hydrogens is 242 g/mol. The summed E-state index contributed by atoms with van der Waals surface area (Å²) < 4.78 is 0. The second-order valence-corrected chi connectivity index (χ2v) is 5.45. The van der Waals surface area contributed by atoms with Crippen molar-refractivity contribution in [3.8, 4) is 0 Å². The van der Waals surface area contributed by atoms with Gasteiger partial charge in [0, 0.05) is 29.9 Å². The van der Waals surface area contributed by atoms with E-state index in [1.807, 2.05) is 12.1 Å². The summed E-state index contributed by atoms with van der Waals surface area (Å²) in [4.78, 5) is 14.8. The zero-order valence-corrected chi connectivity index (χ0v) is 10.7. The molecule has 0 amide bonds. The van der Waals surface area contributed by atoms with Crippen LogP contribution < -0.4 is 5.32 Å². The third-order valence-electron chi connectivity index (χ3n) is 3.76. The van der Waals surface area contributed by atoms with Crippen molar-refractivity contribution in [3.05, 3.63) is 40.6 Å². The molecule has 98 valence electrons. The molecule has 0 spiro atoms. The first-order valence-corrected chi connectivity index (χ1v) is 6.35. The maximum absolute atomic E-state index is 11.0. The van der Waals surface area contributed by atoms with Crippen molar-refractivity contribution in [3.63, 3.8) is 0 Å². The van der Waals surface area contributed by atoms with Gasteiger partial charge in [0.2, 0.25) is 0 Å². The number of pyridine rings is 1. The van der Waals surface area contributed by atoms with E-state index in [9.17, 15) is 10.1 Å². The molecule has 1 N–H and O–H groups in total. The Morgan fingerprint density at radius 1 is 1.42 bits per heavy atom. The fourth-order valence-corrected chi connectivity index (χ4v) is 2.16. The van der Waals surface area contributed by atoms with E-state index in [4.69, 9.17) is 0 Å². The summed E-state index contributed by atoms with van der Waals surface area (Å²) in [6.45, 7) is 3.14. The van der Waals surface area contributed by atoms with Gasteiger partial charge in [-0.25, -0.2) is 4.98 Å². The van der Waals surface area contributed by atoms with E-state index in [0.717, 1.165) is 17.6 Å². The van der Waals surface area contributed by atoms with Crippen LogP contribution in [-0.4, -0.2) is 16.5 Å². The van der Waals surface area contributed by atoms with Crippen molar-refractivity contribution in [1.29, 1.82) is 0 Å². The van der Waals surface area contributed by atoms with Crippen molar-refractivity contribution in [2.24, 2.45) is 5.41 Å². The molecule has 0 bridgehead atoms. The van der Waals surface area contributed by atoms with Gasteiger partial charge in [-0.05, 0) is 24.3 Å². The summed E-state index contributed by atoms with van der Waals surface area (Å²) in [5.41, 5.74) is 1.80. The van der Waals surface area contributed by atoms with Gasteiger partial charge in [-0.15, -0.1) is 0 Å².